The van der Waals surface area contributed by atoms with E-state index in [9.17, 15) is 22.0 Å². The van der Waals surface area contributed by atoms with Crippen molar-refractivity contribution in [1.82, 2.24) is 0 Å². The van der Waals surface area contributed by atoms with Crippen LogP contribution in [0.3, 0.4) is 0 Å². The third-order valence-electron chi connectivity index (χ3n) is 2.67. The van der Waals surface area contributed by atoms with Crippen LogP contribution in [-0.2, 0) is 6.42 Å². The van der Waals surface area contributed by atoms with Gasteiger partial charge in [-0.1, -0.05) is 0 Å². The van der Waals surface area contributed by atoms with Gasteiger partial charge in [0.25, 0.3) is 0 Å². The number of hydrogen-bond acceptors (Lipinski definition) is 1. The molecule has 0 spiro atoms. The van der Waals surface area contributed by atoms with Gasteiger partial charge in [-0.2, -0.15) is 13.2 Å². The SMILES string of the molecule is Fc1cc(Br)c(F)c2c1NC(C(F)(F)F)CC2. The lowest BCUT2D eigenvalue weighted by molar-refractivity contribution is -0.144. The lowest BCUT2D eigenvalue weighted by Gasteiger charge is -2.29. The van der Waals surface area contributed by atoms with Crippen LogP contribution in [0.2, 0.25) is 0 Å². The van der Waals surface area contributed by atoms with E-state index in [4.69, 9.17) is 0 Å². The van der Waals surface area contributed by atoms with Crippen molar-refractivity contribution in [2.75, 3.05) is 5.32 Å². The van der Waals surface area contributed by atoms with E-state index >= 15 is 0 Å². The van der Waals surface area contributed by atoms with Gasteiger partial charge in [0.15, 0.2) is 0 Å². The van der Waals surface area contributed by atoms with Gasteiger partial charge >= 0.3 is 6.18 Å². The molecule has 1 aliphatic rings. The first-order chi connectivity index (χ1) is 7.80. The summed E-state index contributed by atoms with van der Waals surface area (Å²) >= 11 is 2.81. The molecule has 1 atom stereocenters. The predicted molar refractivity (Wildman–Crippen MR) is 55.8 cm³/mol. The molecular formula is C10H7BrF5N. The van der Waals surface area contributed by atoms with E-state index in [0.717, 1.165) is 6.07 Å². The molecule has 0 aliphatic carbocycles. The molecule has 0 aromatic heterocycles. The first-order valence-corrected chi connectivity index (χ1v) is 5.59. The van der Waals surface area contributed by atoms with Crippen molar-refractivity contribution in [3.63, 3.8) is 0 Å². The number of benzene rings is 1. The van der Waals surface area contributed by atoms with Gasteiger partial charge in [0, 0.05) is 5.56 Å². The molecule has 1 aromatic rings. The van der Waals surface area contributed by atoms with E-state index < -0.39 is 23.9 Å². The fourth-order valence-electron chi connectivity index (χ4n) is 1.82. The number of fused-ring (bicyclic) bond motifs is 1. The monoisotopic (exact) mass is 315 g/mol. The van der Waals surface area contributed by atoms with Crippen LogP contribution < -0.4 is 5.32 Å². The molecule has 1 unspecified atom stereocenters. The number of nitrogens with one attached hydrogen (secondary N) is 1. The first-order valence-electron chi connectivity index (χ1n) is 4.80. The summed E-state index contributed by atoms with van der Waals surface area (Å²) in [7, 11) is 0. The zero-order chi connectivity index (χ0) is 12.8. The summed E-state index contributed by atoms with van der Waals surface area (Å²) in [4.78, 5) is 0. The van der Waals surface area contributed by atoms with E-state index in [-0.39, 0.29) is 28.6 Å². The standard InChI is InChI=1S/C10H7BrF5N/c11-5-3-6(12)9-4(8(5)13)1-2-7(17-9)10(14,15)16/h3,7,17H,1-2H2. The quantitative estimate of drug-likeness (QED) is 0.563. The van der Waals surface area contributed by atoms with E-state index in [1.165, 1.54) is 0 Å². The van der Waals surface area contributed by atoms with Gasteiger partial charge in [-0.3, -0.25) is 0 Å². The average Bonchev–Trinajstić information content (AvgIpc) is 2.24. The van der Waals surface area contributed by atoms with Crippen LogP contribution in [-0.4, -0.2) is 12.2 Å². The molecule has 1 heterocycles. The first kappa shape index (κ1) is 12.6. The summed E-state index contributed by atoms with van der Waals surface area (Å²) in [5, 5.41) is 2.01. The predicted octanol–water partition coefficient (Wildman–Crippen LogP) is 4.02. The minimum absolute atomic E-state index is 0.0441. The third-order valence-corrected chi connectivity index (χ3v) is 3.24. The van der Waals surface area contributed by atoms with Gasteiger partial charge in [-0.15, -0.1) is 0 Å². The van der Waals surface area contributed by atoms with Crippen molar-refractivity contribution in [1.29, 1.82) is 0 Å². The molecule has 0 amide bonds. The van der Waals surface area contributed by atoms with Crippen molar-refractivity contribution < 1.29 is 22.0 Å². The minimum atomic E-state index is -4.46. The molecule has 0 radical (unpaired) electrons. The van der Waals surface area contributed by atoms with Crippen LogP contribution >= 0.6 is 15.9 Å². The van der Waals surface area contributed by atoms with Gasteiger partial charge in [0.05, 0.1) is 10.2 Å². The molecule has 1 aliphatic heterocycles. The molecule has 1 N–H and O–H groups in total. The van der Waals surface area contributed by atoms with Gasteiger partial charge in [-0.25, -0.2) is 8.78 Å². The van der Waals surface area contributed by atoms with Crippen molar-refractivity contribution in [3.8, 4) is 0 Å². The van der Waals surface area contributed by atoms with Crippen molar-refractivity contribution >= 4 is 21.6 Å². The Balaban J connectivity index is 2.43. The Morgan fingerprint density at radius 2 is 1.94 bits per heavy atom. The van der Waals surface area contributed by atoms with Crippen LogP contribution in [0.5, 0.6) is 0 Å². The zero-order valence-electron chi connectivity index (χ0n) is 8.34. The lowest BCUT2D eigenvalue weighted by Crippen LogP contribution is -2.39. The second kappa shape index (κ2) is 4.12. The zero-order valence-corrected chi connectivity index (χ0v) is 9.92. The fraction of sp³-hybridized carbons (Fsp3) is 0.400. The highest BCUT2D eigenvalue weighted by Gasteiger charge is 2.42. The summed E-state index contributed by atoms with van der Waals surface area (Å²) in [5.41, 5.74) is -0.434. The van der Waals surface area contributed by atoms with Crippen LogP contribution in [0.15, 0.2) is 10.5 Å². The summed E-state index contributed by atoms with van der Waals surface area (Å²) in [6.45, 7) is 0. The molecule has 1 nitrogen and oxygen atoms in total. The van der Waals surface area contributed by atoms with E-state index in [1.807, 2.05) is 5.32 Å². The maximum Gasteiger partial charge on any atom is 0.408 e. The third kappa shape index (κ3) is 2.25. The second-order valence-corrected chi connectivity index (χ2v) is 4.64. The highest BCUT2D eigenvalue weighted by Crippen LogP contribution is 2.37. The Morgan fingerprint density at radius 1 is 1.29 bits per heavy atom. The summed E-state index contributed by atoms with van der Waals surface area (Å²) in [5.74, 6) is -1.60. The van der Waals surface area contributed by atoms with Crippen molar-refractivity contribution in [2.45, 2.75) is 25.1 Å². The fourth-order valence-corrected chi connectivity index (χ4v) is 2.26. The van der Waals surface area contributed by atoms with Crippen LogP contribution in [0, 0.1) is 11.6 Å². The Bertz CT molecular complexity index is 457. The van der Waals surface area contributed by atoms with E-state index in [2.05, 4.69) is 15.9 Å². The van der Waals surface area contributed by atoms with Crippen LogP contribution in [0.1, 0.15) is 12.0 Å². The molecule has 0 saturated carbocycles. The Morgan fingerprint density at radius 3 is 2.53 bits per heavy atom. The van der Waals surface area contributed by atoms with Crippen LogP contribution in [0.4, 0.5) is 27.6 Å². The van der Waals surface area contributed by atoms with Gasteiger partial charge in [0.2, 0.25) is 0 Å². The second-order valence-electron chi connectivity index (χ2n) is 3.78. The maximum atomic E-state index is 13.6. The average molecular weight is 316 g/mol. The Labute approximate surface area is 102 Å². The smallest absolute Gasteiger partial charge is 0.371 e. The minimum Gasteiger partial charge on any atom is -0.371 e. The van der Waals surface area contributed by atoms with E-state index in [0.29, 0.717) is 0 Å². The molecule has 7 heteroatoms. The molecular weight excluding hydrogens is 309 g/mol. The number of halogens is 6. The number of hydrogen-bond donors (Lipinski definition) is 1. The molecule has 94 valence electrons. The topological polar surface area (TPSA) is 12.0 Å². The molecule has 1 aromatic carbocycles. The summed E-state index contributed by atoms with van der Waals surface area (Å²) in [6.07, 6.45) is -4.91. The Kier molecular flexibility index (Phi) is 3.05. The normalized spacial score (nSPS) is 19.8. The summed E-state index contributed by atoms with van der Waals surface area (Å²) in [6, 6.07) is -1.01. The van der Waals surface area contributed by atoms with E-state index in [1.54, 1.807) is 0 Å². The lowest BCUT2D eigenvalue weighted by atomic mass is 9.97. The molecule has 17 heavy (non-hydrogen) atoms. The Hall–Kier alpha value is -0.850. The molecule has 0 fully saturated rings. The van der Waals surface area contributed by atoms with Crippen molar-refractivity contribution in [2.24, 2.45) is 0 Å². The highest BCUT2D eigenvalue weighted by molar-refractivity contribution is 9.10. The summed E-state index contributed by atoms with van der Waals surface area (Å²) < 4.78 is 64.3. The molecule has 2 rings (SSSR count). The maximum absolute atomic E-state index is 13.6. The van der Waals surface area contributed by atoms with Gasteiger partial charge in [0.1, 0.15) is 17.7 Å². The number of anilines is 1. The highest BCUT2D eigenvalue weighted by atomic mass is 79.9. The van der Waals surface area contributed by atoms with Crippen LogP contribution in [0.25, 0.3) is 0 Å². The largest absolute Gasteiger partial charge is 0.408 e. The van der Waals surface area contributed by atoms with Gasteiger partial charge in [-0.05, 0) is 34.8 Å². The van der Waals surface area contributed by atoms with Crippen molar-refractivity contribution in [3.05, 3.63) is 27.7 Å². The molecule has 0 saturated heterocycles. The molecule has 0 bridgehead atoms. The number of rotatable bonds is 0. The van der Waals surface area contributed by atoms with Gasteiger partial charge < -0.3 is 5.32 Å². The number of alkyl halides is 3.